The van der Waals surface area contributed by atoms with Gasteiger partial charge >= 0.3 is 6.61 Å². The highest BCUT2D eigenvalue weighted by Crippen LogP contribution is 2.33. The van der Waals surface area contributed by atoms with E-state index in [1.165, 1.54) is 30.3 Å². The number of halogens is 2. The molecule has 0 radical (unpaired) electrons. The highest BCUT2D eigenvalue weighted by molar-refractivity contribution is 5.98. The molecule has 0 saturated heterocycles. The average Bonchev–Trinajstić information content (AvgIpc) is 3.00. The first-order chi connectivity index (χ1) is 12.8. The van der Waals surface area contributed by atoms with Crippen molar-refractivity contribution in [2.24, 2.45) is 12.8 Å². The lowest BCUT2D eigenvalue weighted by molar-refractivity contribution is -0.123. The third-order valence-corrected chi connectivity index (χ3v) is 4.45. The molecule has 0 saturated carbocycles. The van der Waals surface area contributed by atoms with Gasteiger partial charge in [-0.25, -0.2) is 0 Å². The number of hydrogen-bond acceptors (Lipinski definition) is 5. The number of amides is 2. The van der Waals surface area contributed by atoms with Crippen LogP contribution in [-0.2, 0) is 18.3 Å². The third kappa shape index (κ3) is 3.42. The topological polar surface area (TPSA) is 99.7 Å². The van der Waals surface area contributed by atoms with Crippen LogP contribution in [0.4, 0.5) is 8.78 Å². The molecule has 1 unspecified atom stereocenters. The van der Waals surface area contributed by atoms with Crippen LogP contribution in [0.2, 0.25) is 0 Å². The minimum atomic E-state index is -3.07. The van der Waals surface area contributed by atoms with Crippen molar-refractivity contribution >= 4 is 11.8 Å². The molecule has 3 rings (SSSR count). The molecule has 2 amide bonds. The first kappa shape index (κ1) is 18.6. The second kappa shape index (κ2) is 7.22. The molecule has 10 heteroatoms. The minimum Gasteiger partial charge on any atom is -0.493 e. The van der Waals surface area contributed by atoms with Crippen LogP contribution in [0.5, 0.6) is 11.5 Å². The third-order valence-electron chi connectivity index (χ3n) is 4.45. The zero-order valence-corrected chi connectivity index (χ0v) is 14.7. The van der Waals surface area contributed by atoms with E-state index in [4.69, 9.17) is 10.5 Å². The van der Waals surface area contributed by atoms with E-state index in [2.05, 4.69) is 9.84 Å². The van der Waals surface area contributed by atoms with E-state index in [1.54, 1.807) is 11.7 Å². The van der Waals surface area contributed by atoms with E-state index in [0.717, 1.165) is 11.8 Å². The lowest BCUT2D eigenvalue weighted by Crippen LogP contribution is -2.45. The monoisotopic (exact) mass is 380 g/mol. The van der Waals surface area contributed by atoms with Gasteiger partial charge in [0.05, 0.1) is 13.3 Å². The van der Waals surface area contributed by atoms with Crippen molar-refractivity contribution in [3.8, 4) is 11.5 Å². The molecule has 2 heterocycles. The smallest absolute Gasteiger partial charge is 0.387 e. The van der Waals surface area contributed by atoms with Crippen molar-refractivity contribution in [3.63, 3.8) is 0 Å². The summed E-state index contributed by atoms with van der Waals surface area (Å²) in [5, 5.41) is 4.12. The fraction of sp³-hybridized carbons (Fsp3) is 0.353. The first-order valence-electron chi connectivity index (χ1n) is 8.07. The summed E-state index contributed by atoms with van der Waals surface area (Å²) in [6.07, 6.45) is 1.99. The summed E-state index contributed by atoms with van der Waals surface area (Å²) in [6.45, 7) is -2.84. The summed E-state index contributed by atoms with van der Waals surface area (Å²) in [5.41, 5.74) is 6.98. The van der Waals surface area contributed by atoms with E-state index >= 15 is 0 Å². The Morgan fingerprint density at radius 3 is 2.70 bits per heavy atom. The van der Waals surface area contributed by atoms with Crippen molar-refractivity contribution < 1.29 is 27.8 Å². The predicted molar refractivity (Wildman–Crippen MR) is 89.5 cm³/mol. The molecule has 1 aromatic heterocycles. The van der Waals surface area contributed by atoms with Gasteiger partial charge in [0.1, 0.15) is 6.04 Å². The van der Waals surface area contributed by atoms with Crippen molar-refractivity contribution in [2.75, 3.05) is 13.7 Å². The molecule has 144 valence electrons. The predicted octanol–water partition coefficient (Wildman–Crippen LogP) is 1.25. The van der Waals surface area contributed by atoms with Crippen LogP contribution in [0, 0.1) is 0 Å². The molecular formula is C17H18F2N4O4. The number of benzene rings is 1. The highest BCUT2D eigenvalue weighted by atomic mass is 19.3. The van der Waals surface area contributed by atoms with E-state index in [9.17, 15) is 18.4 Å². The van der Waals surface area contributed by atoms with E-state index in [-0.39, 0.29) is 23.6 Å². The number of aryl methyl sites for hydroxylation is 1. The Hall–Kier alpha value is -3.17. The average molecular weight is 380 g/mol. The van der Waals surface area contributed by atoms with Crippen LogP contribution < -0.4 is 15.2 Å². The lowest BCUT2D eigenvalue weighted by Gasteiger charge is -2.34. The number of alkyl halides is 2. The number of rotatable bonds is 5. The molecule has 1 atom stereocenters. The summed E-state index contributed by atoms with van der Waals surface area (Å²) in [4.78, 5) is 26.3. The van der Waals surface area contributed by atoms with Gasteiger partial charge in [0.2, 0.25) is 5.91 Å². The quantitative estimate of drug-likeness (QED) is 0.842. The number of methoxy groups -OCH3 is 1. The molecule has 27 heavy (non-hydrogen) atoms. The zero-order chi connectivity index (χ0) is 19.7. The number of hydrogen-bond donors (Lipinski definition) is 1. The van der Waals surface area contributed by atoms with Crippen molar-refractivity contribution in [1.82, 2.24) is 14.7 Å². The minimum absolute atomic E-state index is 0.0616. The van der Waals surface area contributed by atoms with Crippen LogP contribution in [-0.4, -0.2) is 46.8 Å². The van der Waals surface area contributed by atoms with Crippen LogP contribution in [0.25, 0.3) is 0 Å². The number of carbonyl (C=O) groups is 2. The number of primary amides is 1. The van der Waals surface area contributed by atoms with Crippen molar-refractivity contribution in [3.05, 3.63) is 41.2 Å². The summed E-state index contributed by atoms with van der Waals surface area (Å²) in [7, 11) is 3.04. The highest BCUT2D eigenvalue weighted by Gasteiger charge is 2.37. The van der Waals surface area contributed by atoms with Crippen molar-refractivity contribution in [2.45, 2.75) is 19.1 Å². The maximum atomic E-state index is 13.0. The Bertz CT molecular complexity index is 884. The van der Waals surface area contributed by atoms with E-state index in [1.807, 2.05) is 0 Å². The van der Waals surface area contributed by atoms with Gasteiger partial charge in [0.15, 0.2) is 11.5 Å². The molecule has 0 aliphatic carbocycles. The van der Waals surface area contributed by atoms with Gasteiger partial charge in [-0.3, -0.25) is 14.3 Å². The molecule has 8 nitrogen and oxygen atoms in total. The maximum absolute atomic E-state index is 13.0. The van der Waals surface area contributed by atoms with Crippen molar-refractivity contribution in [1.29, 1.82) is 0 Å². The maximum Gasteiger partial charge on any atom is 0.387 e. The Morgan fingerprint density at radius 2 is 2.07 bits per heavy atom. The number of aromatic nitrogens is 2. The van der Waals surface area contributed by atoms with Gasteiger partial charge < -0.3 is 20.1 Å². The molecule has 2 N–H and O–H groups in total. The van der Waals surface area contributed by atoms with E-state index < -0.39 is 24.5 Å². The second-order valence-corrected chi connectivity index (χ2v) is 5.97. The van der Waals surface area contributed by atoms with Gasteiger partial charge in [-0.05, 0) is 18.2 Å². The standard InChI is InChI=1S/C17H18F2N4O4/c1-22-11-5-6-23(14(15(20)24)10(11)8-21-22)16(25)9-3-4-12(26-2)13(7-9)27-17(18)19/h3-4,7-8,14,17H,5-6H2,1-2H3,(H2,20,24). The van der Waals surface area contributed by atoms with Gasteiger partial charge in [-0.1, -0.05) is 0 Å². The summed E-state index contributed by atoms with van der Waals surface area (Å²) in [6, 6.07) is 2.93. The molecule has 0 spiro atoms. The van der Waals surface area contributed by atoms with Crippen LogP contribution >= 0.6 is 0 Å². The molecule has 0 bridgehead atoms. The van der Waals surface area contributed by atoms with Gasteiger partial charge in [0.25, 0.3) is 5.91 Å². The van der Waals surface area contributed by atoms with Gasteiger partial charge in [-0.15, -0.1) is 0 Å². The molecule has 1 aliphatic rings. The second-order valence-electron chi connectivity index (χ2n) is 5.97. The fourth-order valence-corrected chi connectivity index (χ4v) is 3.23. The summed E-state index contributed by atoms with van der Waals surface area (Å²) < 4.78 is 36.2. The Labute approximate surface area is 153 Å². The summed E-state index contributed by atoms with van der Waals surface area (Å²) >= 11 is 0. The normalized spacial score (nSPS) is 16.2. The summed E-state index contributed by atoms with van der Waals surface area (Å²) in [5.74, 6) is -1.44. The first-order valence-corrected chi connectivity index (χ1v) is 8.07. The number of carbonyl (C=O) groups excluding carboxylic acids is 2. The number of nitrogens with zero attached hydrogens (tertiary/aromatic N) is 3. The van der Waals surface area contributed by atoms with Crippen LogP contribution in [0.3, 0.4) is 0 Å². The molecule has 1 aliphatic heterocycles. The van der Waals surface area contributed by atoms with Gasteiger partial charge in [0, 0.05) is 36.8 Å². The van der Waals surface area contributed by atoms with Crippen LogP contribution in [0.1, 0.15) is 27.7 Å². The Balaban J connectivity index is 1.96. The molecule has 1 aromatic carbocycles. The Morgan fingerprint density at radius 1 is 1.33 bits per heavy atom. The zero-order valence-electron chi connectivity index (χ0n) is 14.7. The lowest BCUT2D eigenvalue weighted by atomic mass is 9.97. The molecule has 2 aromatic rings. The molecule has 0 fully saturated rings. The SMILES string of the molecule is COc1ccc(C(=O)N2CCc3c(cnn3C)C2C(N)=O)cc1OC(F)F. The Kier molecular flexibility index (Phi) is 4.98. The fourth-order valence-electron chi connectivity index (χ4n) is 3.23. The van der Waals surface area contributed by atoms with Gasteiger partial charge in [-0.2, -0.15) is 13.9 Å². The largest absolute Gasteiger partial charge is 0.493 e. The molecular weight excluding hydrogens is 362 g/mol. The van der Waals surface area contributed by atoms with Crippen LogP contribution in [0.15, 0.2) is 24.4 Å². The van der Waals surface area contributed by atoms with E-state index in [0.29, 0.717) is 12.0 Å². The number of ether oxygens (including phenoxy) is 2. The number of nitrogens with two attached hydrogens (primary N) is 1. The number of fused-ring (bicyclic) bond motifs is 1.